The molecule has 0 heterocycles. The van der Waals surface area contributed by atoms with E-state index in [1.807, 2.05) is 48.5 Å². The quantitative estimate of drug-likeness (QED) is 0.505. The molecular weight excluding hydrogens is 465 g/mol. The highest BCUT2D eigenvalue weighted by molar-refractivity contribution is 5.92. The molecule has 3 N–H and O–H groups in total. The lowest BCUT2D eigenvalue weighted by atomic mass is 9.95. The normalized spacial score (nSPS) is 16.3. The third kappa shape index (κ3) is 5.11. The van der Waals surface area contributed by atoms with Gasteiger partial charge in [0.25, 0.3) is 0 Å². The van der Waals surface area contributed by atoms with E-state index >= 15 is 0 Å². The third-order valence-corrected chi connectivity index (χ3v) is 6.48. The number of nitrogens with one attached hydrogen (secondary N) is 2. The molecule has 10 heteroatoms. The Labute approximate surface area is 200 Å². The van der Waals surface area contributed by atoms with Crippen molar-refractivity contribution in [3.8, 4) is 11.1 Å². The van der Waals surface area contributed by atoms with Crippen molar-refractivity contribution in [3.63, 3.8) is 0 Å². The van der Waals surface area contributed by atoms with Crippen LogP contribution in [0, 0.1) is 5.92 Å². The first-order valence-corrected chi connectivity index (χ1v) is 11.1. The maximum atomic E-state index is 13.4. The number of fused-ring (bicyclic) bond motifs is 3. The van der Waals surface area contributed by atoms with Crippen LogP contribution in [-0.4, -0.2) is 47.4 Å². The summed E-state index contributed by atoms with van der Waals surface area (Å²) in [4.78, 5) is 36.6. The molecule has 3 atom stereocenters. The van der Waals surface area contributed by atoms with Crippen LogP contribution in [0.3, 0.4) is 0 Å². The molecule has 1 aliphatic carbocycles. The number of aliphatic carboxylic acids is 1. The van der Waals surface area contributed by atoms with Crippen LogP contribution < -0.4 is 10.6 Å². The van der Waals surface area contributed by atoms with Crippen molar-refractivity contribution in [3.05, 3.63) is 59.7 Å². The monoisotopic (exact) mass is 492 g/mol. The summed E-state index contributed by atoms with van der Waals surface area (Å²) in [6.45, 7) is 3.54. The van der Waals surface area contributed by atoms with Crippen LogP contribution in [-0.2, 0) is 14.3 Å². The van der Waals surface area contributed by atoms with Gasteiger partial charge < -0.3 is 20.5 Å². The lowest BCUT2D eigenvalue weighted by Gasteiger charge is -2.32. The van der Waals surface area contributed by atoms with Gasteiger partial charge in [0, 0.05) is 5.92 Å². The molecule has 0 aromatic heterocycles. The van der Waals surface area contributed by atoms with E-state index in [2.05, 4.69) is 5.32 Å². The van der Waals surface area contributed by atoms with E-state index in [0.717, 1.165) is 22.3 Å². The molecule has 2 aromatic carbocycles. The number of benzene rings is 2. The van der Waals surface area contributed by atoms with Crippen LogP contribution in [0.25, 0.3) is 11.1 Å². The average molecular weight is 492 g/mol. The Balaban J connectivity index is 1.73. The Morgan fingerprint density at radius 3 is 2.00 bits per heavy atom. The standard InChI is InChI=1S/C25H27F3N2O5/c1-4-14(2)20(21(31)30-24(3,22(32)33)25(26,27)28)29-23(34)35-13-19-17-11-7-5-9-15(17)16-10-6-8-12-18(16)19/h5-12,14,19-20H,4,13H2,1-3H3,(H,29,34)(H,30,31)(H,32,33)/t14-,20-,24?/m0/s1. The lowest BCUT2D eigenvalue weighted by Crippen LogP contribution is -2.65. The fourth-order valence-electron chi connectivity index (χ4n) is 4.04. The van der Waals surface area contributed by atoms with E-state index < -0.39 is 41.6 Å². The molecule has 0 saturated heterocycles. The number of alkyl carbamates (subject to hydrolysis) is 1. The van der Waals surface area contributed by atoms with E-state index in [9.17, 15) is 27.6 Å². The van der Waals surface area contributed by atoms with Crippen molar-refractivity contribution in [2.24, 2.45) is 5.92 Å². The van der Waals surface area contributed by atoms with Gasteiger partial charge in [-0.3, -0.25) is 4.79 Å². The number of halogens is 3. The smallest absolute Gasteiger partial charge is 0.422 e. The van der Waals surface area contributed by atoms with E-state index in [1.54, 1.807) is 19.2 Å². The van der Waals surface area contributed by atoms with Gasteiger partial charge in [-0.25, -0.2) is 9.59 Å². The first-order valence-electron chi connectivity index (χ1n) is 11.1. The number of carboxylic acids is 1. The maximum absolute atomic E-state index is 13.4. The molecule has 0 aliphatic heterocycles. The predicted octanol–water partition coefficient (Wildman–Crippen LogP) is 4.46. The molecule has 188 valence electrons. The van der Waals surface area contributed by atoms with Crippen LogP contribution in [0.4, 0.5) is 18.0 Å². The first-order chi connectivity index (χ1) is 16.4. The molecule has 7 nitrogen and oxygen atoms in total. The molecule has 1 aliphatic rings. The molecule has 0 bridgehead atoms. The fourth-order valence-corrected chi connectivity index (χ4v) is 4.04. The highest BCUT2D eigenvalue weighted by Crippen LogP contribution is 2.44. The number of ether oxygens (including phenoxy) is 1. The van der Waals surface area contributed by atoms with E-state index in [1.165, 1.54) is 0 Å². The number of alkyl halides is 3. The Hall–Kier alpha value is -3.56. The number of carbonyl (C=O) groups excluding carboxylic acids is 2. The van der Waals surface area contributed by atoms with Crippen LogP contribution in [0.15, 0.2) is 48.5 Å². The Morgan fingerprint density at radius 2 is 1.54 bits per heavy atom. The number of carbonyl (C=O) groups is 3. The molecule has 0 saturated carbocycles. The number of hydrogen-bond acceptors (Lipinski definition) is 4. The maximum Gasteiger partial charge on any atom is 0.422 e. The SMILES string of the molecule is CC[C@H](C)[C@H](NC(=O)OCC1c2ccccc2-c2ccccc21)C(=O)NC(C)(C(=O)O)C(F)(F)F. The summed E-state index contributed by atoms with van der Waals surface area (Å²) in [5.41, 5.74) is 0.474. The van der Waals surface area contributed by atoms with Crippen molar-refractivity contribution >= 4 is 18.0 Å². The number of hydrogen-bond donors (Lipinski definition) is 3. The summed E-state index contributed by atoms with van der Waals surface area (Å²) in [5.74, 6) is -4.37. The molecular formula is C25H27F3N2O5. The molecule has 1 unspecified atom stereocenters. The van der Waals surface area contributed by atoms with Gasteiger partial charge in [0.1, 0.15) is 12.6 Å². The van der Waals surface area contributed by atoms with E-state index in [0.29, 0.717) is 13.3 Å². The minimum Gasteiger partial charge on any atom is -0.479 e. The molecule has 0 spiro atoms. The second-order valence-electron chi connectivity index (χ2n) is 8.75. The molecule has 0 radical (unpaired) electrons. The van der Waals surface area contributed by atoms with E-state index in [-0.39, 0.29) is 12.5 Å². The van der Waals surface area contributed by atoms with E-state index in [4.69, 9.17) is 9.84 Å². The molecule has 35 heavy (non-hydrogen) atoms. The zero-order valence-electron chi connectivity index (χ0n) is 19.5. The van der Waals surface area contributed by atoms with Gasteiger partial charge in [-0.2, -0.15) is 13.2 Å². The minimum atomic E-state index is -5.25. The van der Waals surface area contributed by atoms with Gasteiger partial charge in [-0.05, 0) is 35.1 Å². The van der Waals surface area contributed by atoms with Gasteiger partial charge in [0.15, 0.2) is 0 Å². The van der Waals surface area contributed by atoms with Crippen LogP contribution in [0.1, 0.15) is 44.2 Å². The summed E-state index contributed by atoms with van der Waals surface area (Å²) in [6.07, 6.45) is -5.91. The Morgan fingerprint density at radius 1 is 1.03 bits per heavy atom. The Bertz CT molecular complexity index is 1070. The lowest BCUT2D eigenvalue weighted by molar-refractivity contribution is -0.207. The largest absolute Gasteiger partial charge is 0.479 e. The van der Waals surface area contributed by atoms with Crippen molar-refractivity contribution < 1.29 is 37.4 Å². The second kappa shape index (κ2) is 9.97. The third-order valence-electron chi connectivity index (χ3n) is 6.48. The Kier molecular flexibility index (Phi) is 7.42. The van der Waals surface area contributed by atoms with Crippen LogP contribution >= 0.6 is 0 Å². The molecule has 2 amide bonds. The number of amides is 2. The molecule has 0 fully saturated rings. The second-order valence-corrected chi connectivity index (χ2v) is 8.75. The van der Waals surface area contributed by atoms with Gasteiger partial charge in [-0.1, -0.05) is 68.8 Å². The highest BCUT2D eigenvalue weighted by atomic mass is 19.4. The van der Waals surface area contributed by atoms with Crippen molar-refractivity contribution in [2.45, 2.75) is 50.9 Å². The number of carboxylic acid groups (broad SMARTS) is 1. The predicted molar refractivity (Wildman–Crippen MR) is 122 cm³/mol. The number of rotatable bonds is 8. The molecule has 2 aromatic rings. The van der Waals surface area contributed by atoms with Crippen LogP contribution in [0.2, 0.25) is 0 Å². The van der Waals surface area contributed by atoms with Crippen molar-refractivity contribution in [2.75, 3.05) is 6.61 Å². The van der Waals surface area contributed by atoms with Crippen molar-refractivity contribution in [1.82, 2.24) is 10.6 Å². The van der Waals surface area contributed by atoms with Crippen molar-refractivity contribution in [1.29, 1.82) is 0 Å². The average Bonchev–Trinajstić information content (AvgIpc) is 3.13. The summed E-state index contributed by atoms with van der Waals surface area (Å²) < 4.78 is 45.4. The van der Waals surface area contributed by atoms with Gasteiger partial charge in [0.2, 0.25) is 11.4 Å². The summed E-state index contributed by atoms with van der Waals surface area (Å²) in [7, 11) is 0. The van der Waals surface area contributed by atoms with Crippen LogP contribution in [0.5, 0.6) is 0 Å². The zero-order valence-corrected chi connectivity index (χ0v) is 19.5. The zero-order chi connectivity index (χ0) is 26.0. The first kappa shape index (κ1) is 26.1. The van der Waals surface area contributed by atoms with Gasteiger partial charge in [0.05, 0.1) is 0 Å². The fraction of sp³-hybridized carbons (Fsp3) is 0.400. The minimum absolute atomic E-state index is 0.0515. The summed E-state index contributed by atoms with van der Waals surface area (Å²) >= 11 is 0. The van der Waals surface area contributed by atoms with Gasteiger partial charge in [-0.15, -0.1) is 0 Å². The summed E-state index contributed by atoms with van der Waals surface area (Å²) in [5, 5.41) is 13.0. The highest BCUT2D eigenvalue weighted by Gasteiger charge is 2.59. The summed E-state index contributed by atoms with van der Waals surface area (Å²) in [6, 6.07) is 13.9. The topological polar surface area (TPSA) is 105 Å². The van der Waals surface area contributed by atoms with Gasteiger partial charge >= 0.3 is 18.2 Å². The molecule has 3 rings (SSSR count).